The smallest absolute Gasteiger partial charge is 0.305 e. The van der Waals surface area contributed by atoms with Gasteiger partial charge in [-0.1, -0.05) is 19.4 Å². The number of benzene rings is 1. The van der Waals surface area contributed by atoms with Crippen molar-refractivity contribution >= 4 is 16.9 Å². The number of esters is 1. The van der Waals surface area contributed by atoms with Gasteiger partial charge in [-0.25, -0.2) is 0 Å². The minimum atomic E-state index is -0.101. The number of nitrogens with zero attached hydrogens (tertiary/aromatic N) is 2. The molecule has 0 N–H and O–H groups in total. The minimum Gasteiger partial charge on any atom is -0.487 e. The molecule has 28 heavy (non-hydrogen) atoms. The number of hydrogen-bond donors (Lipinski definition) is 0. The predicted molar refractivity (Wildman–Crippen MR) is 112 cm³/mol. The largest absolute Gasteiger partial charge is 0.487 e. The Bertz CT molecular complexity index is 778. The first-order valence-corrected chi connectivity index (χ1v) is 10.6. The molecule has 1 aromatic carbocycles. The lowest BCUT2D eigenvalue weighted by molar-refractivity contribution is -0.143. The summed E-state index contributed by atoms with van der Waals surface area (Å²) < 4.78 is 11.4. The average molecular weight is 385 g/mol. The monoisotopic (exact) mass is 384 g/mol. The van der Waals surface area contributed by atoms with Crippen LogP contribution < -0.4 is 4.74 Å². The molecule has 0 radical (unpaired) electrons. The molecule has 1 aromatic heterocycles. The predicted octanol–water partition coefficient (Wildman–Crippen LogP) is 4.37. The molecule has 1 atom stereocenters. The van der Waals surface area contributed by atoms with Gasteiger partial charge in [-0.05, 0) is 62.9 Å². The summed E-state index contributed by atoms with van der Waals surface area (Å²) in [5.74, 6) is 0.804. The maximum Gasteiger partial charge on any atom is 0.305 e. The molecule has 0 spiro atoms. The van der Waals surface area contributed by atoms with E-state index in [1.54, 1.807) is 0 Å². The van der Waals surface area contributed by atoms with E-state index < -0.39 is 0 Å². The van der Waals surface area contributed by atoms with E-state index in [0.29, 0.717) is 13.0 Å². The number of hydrogen-bond acceptors (Lipinski definition) is 5. The second-order valence-electron chi connectivity index (χ2n) is 7.51. The molecule has 2 heterocycles. The van der Waals surface area contributed by atoms with E-state index in [1.807, 2.05) is 19.2 Å². The first-order chi connectivity index (χ1) is 13.7. The number of fused-ring (bicyclic) bond motifs is 1. The molecule has 1 aliphatic rings. The van der Waals surface area contributed by atoms with Crippen molar-refractivity contribution in [3.8, 4) is 5.75 Å². The molecule has 0 saturated carbocycles. The van der Waals surface area contributed by atoms with Gasteiger partial charge in [-0.2, -0.15) is 0 Å². The van der Waals surface area contributed by atoms with Gasteiger partial charge in [0.25, 0.3) is 0 Å². The highest BCUT2D eigenvalue weighted by atomic mass is 16.5. The lowest BCUT2D eigenvalue weighted by atomic mass is 10.0. The molecule has 0 aliphatic carbocycles. The number of carbonyl (C=O) groups is 1. The highest BCUT2D eigenvalue weighted by Gasteiger charge is 2.24. The van der Waals surface area contributed by atoms with Crippen LogP contribution in [0.5, 0.6) is 5.75 Å². The van der Waals surface area contributed by atoms with E-state index in [9.17, 15) is 4.79 Å². The van der Waals surface area contributed by atoms with Crippen LogP contribution in [-0.4, -0.2) is 48.2 Å². The van der Waals surface area contributed by atoms with Gasteiger partial charge in [-0.15, -0.1) is 0 Å². The number of pyridine rings is 1. The Morgan fingerprint density at radius 3 is 3.00 bits per heavy atom. The number of rotatable bonds is 10. The average Bonchev–Trinajstić information content (AvgIpc) is 3.14. The highest BCUT2D eigenvalue weighted by Crippen LogP contribution is 2.29. The van der Waals surface area contributed by atoms with Crippen molar-refractivity contribution in [2.75, 3.05) is 26.2 Å². The summed E-state index contributed by atoms with van der Waals surface area (Å²) in [4.78, 5) is 18.4. The Kier molecular flexibility index (Phi) is 7.66. The molecule has 152 valence electrons. The van der Waals surface area contributed by atoms with E-state index >= 15 is 0 Å². The molecule has 5 heteroatoms. The molecule has 1 aliphatic heterocycles. The third kappa shape index (κ3) is 5.68. The molecule has 0 unspecified atom stereocenters. The molecule has 0 amide bonds. The van der Waals surface area contributed by atoms with E-state index in [2.05, 4.69) is 35.0 Å². The molecule has 0 bridgehead atoms. The van der Waals surface area contributed by atoms with Crippen molar-refractivity contribution < 1.29 is 14.3 Å². The second kappa shape index (κ2) is 10.4. The molecule has 5 nitrogen and oxygen atoms in total. The molecule has 1 saturated heterocycles. The van der Waals surface area contributed by atoms with Crippen LogP contribution in [-0.2, 0) is 16.0 Å². The fourth-order valence-corrected chi connectivity index (χ4v) is 3.79. The first-order valence-electron chi connectivity index (χ1n) is 10.6. The summed E-state index contributed by atoms with van der Waals surface area (Å²) in [6.45, 7) is 7.34. The van der Waals surface area contributed by atoms with Gasteiger partial charge in [0.15, 0.2) is 0 Å². The van der Waals surface area contributed by atoms with Gasteiger partial charge in [0, 0.05) is 31.1 Å². The standard InChI is InChI=1S/C23H32N2O3/c1-3-5-8-18-15-19-9-6-12-24-23(19)21(16-18)28-20-11-14-25(17-20)13-7-10-22(26)27-4-2/h6,9,12,15-16,20H,3-5,7-8,10-11,13-14,17H2,1-2H3/t20-/m0/s1. The lowest BCUT2D eigenvalue weighted by Crippen LogP contribution is -2.26. The summed E-state index contributed by atoms with van der Waals surface area (Å²) in [6.07, 6.45) is 7.78. The molecular weight excluding hydrogens is 352 g/mol. The van der Waals surface area contributed by atoms with E-state index in [-0.39, 0.29) is 12.1 Å². The highest BCUT2D eigenvalue weighted by molar-refractivity contribution is 5.85. The zero-order valence-corrected chi connectivity index (χ0v) is 17.2. The van der Waals surface area contributed by atoms with Crippen LogP contribution in [0, 0.1) is 0 Å². The van der Waals surface area contributed by atoms with Crippen LogP contribution in [0.2, 0.25) is 0 Å². The second-order valence-corrected chi connectivity index (χ2v) is 7.51. The van der Waals surface area contributed by atoms with Crippen LogP contribution in [0.4, 0.5) is 0 Å². The molecule has 2 aromatic rings. The quantitative estimate of drug-likeness (QED) is 0.569. The van der Waals surface area contributed by atoms with Gasteiger partial charge in [-0.3, -0.25) is 14.7 Å². The number of aryl methyl sites for hydroxylation is 1. The van der Waals surface area contributed by atoms with Gasteiger partial charge in [0.05, 0.1) is 6.61 Å². The van der Waals surface area contributed by atoms with Gasteiger partial charge in [0.2, 0.25) is 0 Å². The molecule has 1 fully saturated rings. The maximum absolute atomic E-state index is 11.5. The normalized spacial score (nSPS) is 17.1. The fraction of sp³-hybridized carbons (Fsp3) is 0.565. The number of likely N-dealkylation sites (tertiary alicyclic amines) is 1. The Labute approximate surface area is 168 Å². The van der Waals surface area contributed by atoms with Crippen molar-refractivity contribution in [2.45, 2.75) is 58.5 Å². The van der Waals surface area contributed by atoms with Crippen LogP contribution >= 0.6 is 0 Å². The Morgan fingerprint density at radius 1 is 1.29 bits per heavy atom. The topological polar surface area (TPSA) is 51.7 Å². The molecule has 3 rings (SSSR count). The van der Waals surface area contributed by atoms with E-state index in [1.165, 1.54) is 18.4 Å². The Balaban J connectivity index is 1.59. The lowest BCUT2D eigenvalue weighted by Gasteiger charge is -2.18. The zero-order chi connectivity index (χ0) is 19.8. The van der Waals surface area contributed by atoms with Crippen LogP contribution in [0.15, 0.2) is 30.5 Å². The van der Waals surface area contributed by atoms with Crippen molar-refractivity contribution in [3.63, 3.8) is 0 Å². The first kappa shape index (κ1) is 20.6. The van der Waals surface area contributed by atoms with Gasteiger partial charge in [0.1, 0.15) is 17.4 Å². The summed E-state index contributed by atoms with van der Waals surface area (Å²) in [7, 11) is 0. The van der Waals surface area contributed by atoms with Crippen LogP contribution in [0.25, 0.3) is 10.9 Å². The van der Waals surface area contributed by atoms with Gasteiger partial charge < -0.3 is 9.47 Å². The Morgan fingerprint density at radius 2 is 2.18 bits per heavy atom. The van der Waals surface area contributed by atoms with E-state index in [0.717, 1.165) is 55.5 Å². The number of carbonyl (C=O) groups excluding carboxylic acids is 1. The molecular formula is C23H32N2O3. The number of ether oxygens (including phenoxy) is 2. The number of aromatic nitrogens is 1. The van der Waals surface area contributed by atoms with Crippen molar-refractivity contribution in [1.82, 2.24) is 9.88 Å². The van der Waals surface area contributed by atoms with Crippen molar-refractivity contribution in [1.29, 1.82) is 0 Å². The zero-order valence-electron chi connectivity index (χ0n) is 17.2. The maximum atomic E-state index is 11.5. The summed E-state index contributed by atoms with van der Waals surface area (Å²) in [5.41, 5.74) is 2.27. The SMILES string of the molecule is CCCCc1cc(O[C@H]2CCN(CCCC(=O)OCC)C2)c2ncccc2c1. The van der Waals surface area contributed by atoms with Crippen LogP contribution in [0.3, 0.4) is 0 Å². The van der Waals surface area contributed by atoms with Gasteiger partial charge >= 0.3 is 5.97 Å². The summed E-state index contributed by atoms with van der Waals surface area (Å²) in [5, 5.41) is 1.15. The van der Waals surface area contributed by atoms with E-state index in [4.69, 9.17) is 9.47 Å². The Hall–Kier alpha value is -2.14. The summed E-state index contributed by atoms with van der Waals surface area (Å²) in [6, 6.07) is 8.51. The van der Waals surface area contributed by atoms with Crippen molar-refractivity contribution in [3.05, 3.63) is 36.0 Å². The third-order valence-corrected chi connectivity index (χ3v) is 5.23. The number of unbranched alkanes of at least 4 members (excludes halogenated alkanes) is 1. The fourth-order valence-electron chi connectivity index (χ4n) is 3.79. The van der Waals surface area contributed by atoms with Crippen molar-refractivity contribution in [2.24, 2.45) is 0 Å². The summed E-state index contributed by atoms with van der Waals surface area (Å²) >= 11 is 0. The van der Waals surface area contributed by atoms with Crippen LogP contribution in [0.1, 0.15) is 51.5 Å². The third-order valence-electron chi connectivity index (χ3n) is 5.23. The minimum absolute atomic E-state index is 0.101.